The fraction of sp³-hybridized carbons (Fsp3) is 0.222. The van der Waals surface area contributed by atoms with Gasteiger partial charge in [-0.2, -0.15) is 0 Å². The Morgan fingerprint density at radius 2 is 1.81 bits per heavy atom. The van der Waals surface area contributed by atoms with Gasteiger partial charge in [0.2, 0.25) is 5.91 Å². The number of hydrogen-bond donors (Lipinski definition) is 3. The van der Waals surface area contributed by atoms with E-state index in [1.54, 1.807) is 36.4 Å². The zero-order valence-corrected chi connectivity index (χ0v) is 14.3. The van der Waals surface area contributed by atoms with E-state index in [4.69, 9.17) is 0 Å². The second kappa shape index (κ2) is 9.16. The Morgan fingerprint density at radius 1 is 1.04 bits per heavy atom. The summed E-state index contributed by atoms with van der Waals surface area (Å²) in [6.07, 6.45) is 0. The average Bonchev–Trinajstić information content (AvgIpc) is 2.63. The Kier molecular flexibility index (Phi) is 6.67. The SMILES string of the molecule is Cc1cccc(C(=O)NCC(=O)NCCNc2ccccc2[N+](=O)[O-])c1. The summed E-state index contributed by atoms with van der Waals surface area (Å²) < 4.78 is 0. The van der Waals surface area contributed by atoms with Crippen molar-refractivity contribution >= 4 is 23.2 Å². The number of amides is 2. The molecule has 136 valence electrons. The van der Waals surface area contributed by atoms with E-state index in [1.807, 2.05) is 13.0 Å². The maximum atomic E-state index is 12.0. The summed E-state index contributed by atoms with van der Waals surface area (Å²) in [6.45, 7) is 2.33. The number of nitrogens with zero attached hydrogens (tertiary/aromatic N) is 1. The molecule has 0 radical (unpaired) electrons. The van der Waals surface area contributed by atoms with Gasteiger partial charge in [0.1, 0.15) is 5.69 Å². The van der Waals surface area contributed by atoms with Crippen molar-refractivity contribution in [2.24, 2.45) is 0 Å². The van der Waals surface area contributed by atoms with Crippen molar-refractivity contribution < 1.29 is 14.5 Å². The Bertz CT molecular complexity index is 807. The highest BCUT2D eigenvalue weighted by molar-refractivity contribution is 5.96. The molecule has 0 fully saturated rings. The van der Waals surface area contributed by atoms with Crippen LogP contribution in [0.5, 0.6) is 0 Å². The van der Waals surface area contributed by atoms with E-state index < -0.39 is 4.92 Å². The van der Waals surface area contributed by atoms with Crippen molar-refractivity contribution in [3.8, 4) is 0 Å². The highest BCUT2D eigenvalue weighted by atomic mass is 16.6. The van der Waals surface area contributed by atoms with Crippen LogP contribution < -0.4 is 16.0 Å². The molecule has 2 aromatic rings. The molecular formula is C18H20N4O4. The zero-order chi connectivity index (χ0) is 18.9. The summed E-state index contributed by atoms with van der Waals surface area (Å²) in [5.74, 6) is -0.655. The van der Waals surface area contributed by atoms with Crippen LogP contribution in [-0.2, 0) is 4.79 Å². The first-order chi connectivity index (χ1) is 12.5. The van der Waals surface area contributed by atoms with Gasteiger partial charge in [0, 0.05) is 24.7 Å². The van der Waals surface area contributed by atoms with Crippen molar-refractivity contribution in [1.82, 2.24) is 10.6 Å². The molecule has 0 unspecified atom stereocenters. The molecular weight excluding hydrogens is 336 g/mol. The van der Waals surface area contributed by atoms with Gasteiger partial charge in [0.05, 0.1) is 11.5 Å². The van der Waals surface area contributed by atoms with Crippen LogP contribution in [-0.4, -0.2) is 36.4 Å². The molecule has 2 aromatic carbocycles. The van der Waals surface area contributed by atoms with E-state index in [9.17, 15) is 19.7 Å². The number of nitro benzene ring substituents is 1. The number of carbonyl (C=O) groups excluding carboxylic acids is 2. The third-order valence-corrected chi connectivity index (χ3v) is 3.55. The van der Waals surface area contributed by atoms with Gasteiger partial charge in [-0.3, -0.25) is 19.7 Å². The molecule has 0 spiro atoms. The van der Waals surface area contributed by atoms with Crippen LogP contribution in [0.2, 0.25) is 0 Å². The lowest BCUT2D eigenvalue weighted by Crippen LogP contribution is -2.38. The molecule has 0 aliphatic heterocycles. The summed E-state index contributed by atoms with van der Waals surface area (Å²) in [7, 11) is 0. The minimum atomic E-state index is -0.470. The second-order valence-electron chi connectivity index (χ2n) is 5.60. The van der Waals surface area contributed by atoms with Gasteiger partial charge in [-0.15, -0.1) is 0 Å². The average molecular weight is 356 g/mol. The largest absolute Gasteiger partial charge is 0.378 e. The Balaban J connectivity index is 1.71. The minimum absolute atomic E-state index is 0.0238. The topological polar surface area (TPSA) is 113 Å². The second-order valence-corrected chi connectivity index (χ2v) is 5.60. The Hall–Kier alpha value is -3.42. The number of benzene rings is 2. The van der Waals surface area contributed by atoms with Crippen LogP contribution in [0.3, 0.4) is 0 Å². The predicted molar refractivity (Wildman–Crippen MR) is 98.1 cm³/mol. The van der Waals surface area contributed by atoms with Crippen LogP contribution in [0.1, 0.15) is 15.9 Å². The molecule has 0 aliphatic carbocycles. The molecule has 0 bridgehead atoms. The highest BCUT2D eigenvalue weighted by Crippen LogP contribution is 2.22. The molecule has 8 nitrogen and oxygen atoms in total. The van der Waals surface area contributed by atoms with E-state index in [0.29, 0.717) is 17.8 Å². The summed E-state index contributed by atoms with van der Waals surface area (Å²) in [5.41, 5.74) is 1.82. The van der Waals surface area contributed by atoms with Gasteiger partial charge in [-0.05, 0) is 25.1 Å². The zero-order valence-electron chi connectivity index (χ0n) is 14.3. The number of nitrogens with one attached hydrogen (secondary N) is 3. The highest BCUT2D eigenvalue weighted by Gasteiger charge is 2.11. The fourth-order valence-corrected chi connectivity index (χ4v) is 2.29. The predicted octanol–water partition coefficient (Wildman–Crippen LogP) is 1.86. The van der Waals surface area contributed by atoms with Crippen molar-refractivity contribution in [2.75, 3.05) is 25.0 Å². The first kappa shape index (κ1) is 18.9. The van der Waals surface area contributed by atoms with Gasteiger partial charge in [0.25, 0.3) is 11.6 Å². The summed E-state index contributed by atoms with van der Waals surface area (Å²) in [5, 5.41) is 19.0. The smallest absolute Gasteiger partial charge is 0.292 e. The standard InChI is InChI=1S/C18H20N4O4/c1-13-5-4-6-14(11-13)18(24)21-12-17(23)20-10-9-19-15-7-2-3-8-16(15)22(25)26/h2-8,11,19H,9-10,12H2,1H3,(H,20,23)(H,21,24). The lowest BCUT2D eigenvalue weighted by Gasteiger charge is -2.09. The van der Waals surface area contributed by atoms with Crippen LogP contribution >= 0.6 is 0 Å². The maximum Gasteiger partial charge on any atom is 0.292 e. The summed E-state index contributed by atoms with van der Waals surface area (Å²) in [4.78, 5) is 34.2. The van der Waals surface area contributed by atoms with Crippen molar-refractivity contribution in [1.29, 1.82) is 0 Å². The molecule has 0 saturated carbocycles. The summed E-state index contributed by atoms with van der Waals surface area (Å²) >= 11 is 0. The van der Waals surface area contributed by atoms with Crippen molar-refractivity contribution in [3.05, 3.63) is 69.8 Å². The number of aryl methyl sites for hydroxylation is 1. The van der Waals surface area contributed by atoms with Crippen LogP contribution in [0.15, 0.2) is 48.5 Å². The van der Waals surface area contributed by atoms with Gasteiger partial charge in [0.15, 0.2) is 0 Å². The Labute approximate surface area is 150 Å². The van der Waals surface area contributed by atoms with Crippen LogP contribution in [0, 0.1) is 17.0 Å². The van der Waals surface area contributed by atoms with E-state index in [-0.39, 0.29) is 30.6 Å². The molecule has 0 aliphatic rings. The monoisotopic (exact) mass is 356 g/mol. The quantitative estimate of drug-likeness (QED) is 0.380. The number of carbonyl (C=O) groups is 2. The normalized spacial score (nSPS) is 10.0. The third kappa shape index (κ3) is 5.59. The minimum Gasteiger partial charge on any atom is -0.378 e. The van der Waals surface area contributed by atoms with Crippen molar-refractivity contribution in [2.45, 2.75) is 6.92 Å². The van der Waals surface area contributed by atoms with E-state index in [1.165, 1.54) is 6.07 Å². The number of hydrogen-bond acceptors (Lipinski definition) is 5. The van der Waals surface area contributed by atoms with E-state index >= 15 is 0 Å². The fourth-order valence-electron chi connectivity index (χ4n) is 2.29. The Morgan fingerprint density at radius 3 is 2.54 bits per heavy atom. The van der Waals surface area contributed by atoms with Crippen LogP contribution in [0.25, 0.3) is 0 Å². The van der Waals surface area contributed by atoms with Gasteiger partial charge < -0.3 is 16.0 Å². The van der Waals surface area contributed by atoms with Gasteiger partial charge >= 0.3 is 0 Å². The van der Waals surface area contributed by atoms with Crippen molar-refractivity contribution in [3.63, 3.8) is 0 Å². The number of anilines is 1. The van der Waals surface area contributed by atoms with Gasteiger partial charge in [-0.1, -0.05) is 29.8 Å². The lowest BCUT2D eigenvalue weighted by atomic mass is 10.1. The molecule has 3 N–H and O–H groups in total. The molecule has 2 rings (SSSR count). The summed E-state index contributed by atoms with van der Waals surface area (Å²) in [6, 6.07) is 13.4. The molecule has 0 heterocycles. The van der Waals surface area contributed by atoms with Crippen LogP contribution in [0.4, 0.5) is 11.4 Å². The van der Waals surface area contributed by atoms with E-state index in [0.717, 1.165) is 5.56 Å². The van der Waals surface area contributed by atoms with E-state index in [2.05, 4.69) is 16.0 Å². The first-order valence-corrected chi connectivity index (χ1v) is 8.06. The molecule has 8 heteroatoms. The molecule has 0 aromatic heterocycles. The molecule has 2 amide bonds. The maximum absolute atomic E-state index is 12.0. The molecule has 0 atom stereocenters. The first-order valence-electron chi connectivity index (χ1n) is 8.06. The molecule has 26 heavy (non-hydrogen) atoms. The molecule has 0 saturated heterocycles. The third-order valence-electron chi connectivity index (χ3n) is 3.55. The number of para-hydroxylation sites is 2. The number of nitro groups is 1. The lowest BCUT2D eigenvalue weighted by molar-refractivity contribution is -0.384. The number of rotatable bonds is 8. The van der Waals surface area contributed by atoms with Gasteiger partial charge in [-0.25, -0.2) is 0 Å².